The second kappa shape index (κ2) is 9.56. The average molecular weight is 430 g/mol. The molecule has 0 bridgehead atoms. The molecule has 2 aliphatic rings. The summed E-state index contributed by atoms with van der Waals surface area (Å²) in [6.45, 7) is -2.83. The van der Waals surface area contributed by atoms with Gasteiger partial charge in [-0.15, -0.1) is 0 Å². The van der Waals surface area contributed by atoms with Crippen molar-refractivity contribution in [3.8, 4) is 11.5 Å². The summed E-state index contributed by atoms with van der Waals surface area (Å²) in [4.78, 5) is 15.2. The van der Waals surface area contributed by atoms with Gasteiger partial charge in [0, 0.05) is 41.0 Å². The van der Waals surface area contributed by atoms with Gasteiger partial charge in [0.15, 0.2) is 11.5 Å². The Morgan fingerprint density at radius 3 is 2.70 bits per heavy atom. The van der Waals surface area contributed by atoms with E-state index in [9.17, 15) is 6.17 Å². The summed E-state index contributed by atoms with van der Waals surface area (Å²) < 4.78 is 106. The number of hydrogen-bond donors (Lipinski definition) is 1. The van der Waals surface area contributed by atoms with Crippen molar-refractivity contribution in [3.63, 3.8) is 0 Å². The molecule has 6 heteroatoms. The minimum absolute atomic E-state index is 0.0240. The number of carbonyl (C=O) groups is 1. The Morgan fingerprint density at radius 1 is 1.37 bits per heavy atom. The van der Waals surface area contributed by atoms with Crippen molar-refractivity contribution in [1.82, 2.24) is 4.90 Å². The molecule has 2 heterocycles. The molecule has 30 heavy (non-hydrogen) atoms. The van der Waals surface area contributed by atoms with Crippen LogP contribution in [0.1, 0.15) is 72.6 Å². The fourth-order valence-electron chi connectivity index (χ4n) is 4.23. The third-order valence-corrected chi connectivity index (χ3v) is 5.62. The van der Waals surface area contributed by atoms with Crippen molar-refractivity contribution in [1.29, 1.82) is 0 Å². The van der Waals surface area contributed by atoms with Crippen molar-refractivity contribution in [2.24, 2.45) is 23.5 Å². The standard InChI is InChI=1S/C24H38N2O4/c1-14(2)9-17-13-26-8-7-16-10-21(28-5)22(29-6)11-18(16)19(26)12-20(17)30-24(27)23(25)15(3)4/h10-11,14-15,17,19-20,23H,7-9,12-13,25H2,1-6H3/t17?,19?,20?,23-/m0/s1/i3D3,4D3,10D,11D,15D,19D,23D. The maximum atomic E-state index is 13.4. The number of benzene rings is 1. The lowest BCUT2D eigenvalue weighted by molar-refractivity contribution is -0.160. The van der Waals surface area contributed by atoms with Gasteiger partial charge in [-0.2, -0.15) is 0 Å². The van der Waals surface area contributed by atoms with E-state index < -0.39 is 49.6 Å². The van der Waals surface area contributed by atoms with Crippen LogP contribution >= 0.6 is 0 Å². The van der Waals surface area contributed by atoms with Crippen LogP contribution in [-0.2, 0) is 16.0 Å². The smallest absolute Gasteiger partial charge is 0.323 e. The first kappa shape index (κ1) is 12.3. The summed E-state index contributed by atoms with van der Waals surface area (Å²) >= 11 is 0. The molecule has 3 rings (SSSR count). The topological polar surface area (TPSA) is 74.0 Å². The Bertz CT molecular complexity index is 1160. The molecule has 1 aromatic carbocycles. The fraction of sp³-hybridized carbons (Fsp3) is 0.708. The predicted molar refractivity (Wildman–Crippen MR) is 118 cm³/mol. The van der Waals surface area contributed by atoms with Crippen LogP contribution < -0.4 is 15.2 Å². The maximum absolute atomic E-state index is 13.4. The first-order valence-corrected chi connectivity index (χ1v) is 10.1. The molecule has 1 saturated heterocycles. The quantitative estimate of drug-likeness (QED) is 0.668. The van der Waals surface area contributed by atoms with Crippen molar-refractivity contribution < 1.29 is 34.1 Å². The minimum atomic E-state index is -3.72. The van der Waals surface area contributed by atoms with Crippen molar-refractivity contribution >= 4 is 5.97 Å². The third kappa shape index (κ3) is 4.75. The lowest BCUT2D eigenvalue weighted by Gasteiger charge is -2.47. The number of nitrogens with two attached hydrogens (primary N) is 1. The lowest BCUT2D eigenvalue weighted by atomic mass is 9.79. The zero-order valence-corrected chi connectivity index (χ0v) is 17.9. The first-order valence-electron chi connectivity index (χ1n) is 15.6. The molecule has 0 amide bonds. The molecule has 0 saturated carbocycles. The van der Waals surface area contributed by atoms with Crippen LogP contribution in [-0.4, -0.2) is 50.3 Å². The van der Waals surface area contributed by atoms with Gasteiger partial charge in [0.05, 0.1) is 19.7 Å². The van der Waals surface area contributed by atoms with E-state index in [-0.39, 0.29) is 48.0 Å². The largest absolute Gasteiger partial charge is 0.493 e. The second-order valence-electron chi connectivity index (χ2n) is 8.14. The molecule has 4 atom stereocenters. The number of nitrogens with zero attached hydrogens (tertiary/aromatic N) is 1. The molecule has 0 radical (unpaired) electrons. The summed E-state index contributed by atoms with van der Waals surface area (Å²) in [5.74, 6) is -5.69. The Hall–Kier alpha value is -1.79. The average Bonchev–Trinajstić information content (AvgIpc) is 2.83. The molecule has 0 aromatic heterocycles. The number of esters is 1. The lowest BCUT2D eigenvalue weighted by Crippen LogP contribution is -2.51. The van der Waals surface area contributed by atoms with E-state index in [0.29, 0.717) is 24.9 Å². The van der Waals surface area contributed by atoms with Gasteiger partial charge in [-0.25, -0.2) is 0 Å². The number of methoxy groups -OCH3 is 2. The predicted octanol–water partition coefficient (Wildman–Crippen LogP) is 3.56. The summed E-state index contributed by atoms with van der Waals surface area (Å²) in [5.41, 5.74) is 6.36. The summed E-state index contributed by atoms with van der Waals surface area (Å²) in [7, 11) is 2.67. The van der Waals surface area contributed by atoms with Crippen molar-refractivity contribution in [2.75, 3.05) is 27.3 Å². The van der Waals surface area contributed by atoms with Crippen LogP contribution in [0.3, 0.4) is 0 Å². The number of rotatable bonds is 7. The number of ether oxygens (including phenoxy) is 3. The van der Waals surface area contributed by atoms with Gasteiger partial charge < -0.3 is 19.9 Å². The Balaban J connectivity index is 2.12. The number of carbonyl (C=O) groups excluding carboxylic acids is 1. The molecule has 3 unspecified atom stereocenters. The Labute approximate surface area is 196 Å². The first-order chi connectivity index (χ1) is 18.6. The Kier molecular flexibility index (Phi) is 3.92. The SMILES string of the molecule is [2H]c1c2c(c([2H])c(OC)c1OC)C1([2H])CC(OC(=O)[C@@]([2H])(N)C([2H])(C([2H])([2H])[2H])C([2H])([2H])[2H])C(CC(C)C)CN1CC2. The van der Waals surface area contributed by atoms with Gasteiger partial charge in [-0.05, 0) is 47.9 Å². The molecule has 0 spiro atoms. The van der Waals surface area contributed by atoms with E-state index >= 15 is 0 Å². The molecular weight excluding hydrogens is 380 g/mol. The molecule has 2 aliphatic heterocycles. The van der Waals surface area contributed by atoms with E-state index in [1.807, 2.05) is 18.7 Å². The van der Waals surface area contributed by atoms with E-state index in [2.05, 4.69) is 0 Å². The zero-order chi connectivity index (χ0) is 31.5. The number of hydrogen-bond acceptors (Lipinski definition) is 6. The van der Waals surface area contributed by atoms with Crippen LogP contribution in [0, 0.1) is 17.7 Å². The second-order valence-corrected chi connectivity index (χ2v) is 8.14. The number of fused-ring (bicyclic) bond motifs is 3. The Morgan fingerprint density at radius 2 is 2.07 bits per heavy atom. The van der Waals surface area contributed by atoms with Crippen LogP contribution in [0.2, 0.25) is 0 Å². The monoisotopic (exact) mass is 429 g/mol. The molecule has 1 aromatic rings. The highest BCUT2D eigenvalue weighted by atomic mass is 16.5. The summed E-state index contributed by atoms with van der Waals surface area (Å²) in [6.07, 6.45) is -0.526. The van der Waals surface area contributed by atoms with Gasteiger partial charge in [0.1, 0.15) is 12.1 Å². The summed E-state index contributed by atoms with van der Waals surface area (Å²) in [5, 5.41) is 0. The molecular formula is C24H38N2O4. The van der Waals surface area contributed by atoms with E-state index in [4.69, 9.17) is 33.7 Å². The highest BCUT2D eigenvalue weighted by Gasteiger charge is 2.41. The van der Waals surface area contributed by atoms with Gasteiger partial charge >= 0.3 is 5.97 Å². The molecule has 168 valence electrons. The van der Waals surface area contributed by atoms with Crippen LogP contribution in [0.5, 0.6) is 11.5 Å². The van der Waals surface area contributed by atoms with Crippen molar-refractivity contribution in [3.05, 3.63) is 23.2 Å². The van der Waals surface area contributed by atoms with Crippen LogP contribution in [0.15, 0.2) is 12.1 Å². The highest BCUT2D eigenvalue weighted by Crippen LogP contribution is 2.44. The molecule has 6 nitrogen and oxygen atoms in total. The van der Waals surface area contributed by atoms with Gasteiger partial charge in [-0.3, -0.25) is 9.69 Å². The summed E-state index contributed by atoms with van der Waals surface area (Å²) in [6, 6.07) is -5.40. The third-order valence-electron chi connectivity index (χ3n) is 5.62. The minimum Gasteiger partial charge on any atom is -0.493 e. The molecule has 0 aliphatic carbocycles. The van der Waals surface area contributed by atoms with Crippen LogP contribution in [0.25, 0.3) is 0 Å². The van der Waals surface area contributed by atoms with Gasteiger partial charge in [-0.1, -0.05) is 27.6 Å². The number of piperidine rings is 1. The normalized spacial score (nSPS) is 34.9. The maximum Gasteiger partial charge on any atom is 0.323 e. The molecule has 1 fully saturated rings. The highest BCUT2D eigenvalue weighted by molar-refractivity contribution is 5.76. The van der Waals surface area contributed by atoms with E-state index in [0.717, 1.165) is 0 Å². The van der Waals surface area contributed by atoms with Crippen LogP contribution in [0.4, 0.5) is 0 Å². The fourth-order valence-corrected chi connectivity index (χ4v) is 4.23. The van der Waals surface area contributed by atoms with E-state index in [1.165, 1.54) is 14.2 Å². The zero-order valence-electron chi connectivity index (χ0n) is 28.9. The van der Waals surface area contributed by atoms with Gasteiger partial charge in [0.2, 0.25) is 0 Å². The van der Waals surface area contributed by atoms with Gasteiger partial charge in [0.25, 0.3) is 0 Å². The molecule has 2 N–H and O–H groups in total. The van der Waals surface area contributed by atoms with E-state index in [1.54, 1.807) is 0 Å². The van der Waals surface area contributed by atoms with Crippen molar-refractivity contribution in [2.45, 2.75) is 65.0 Å².